The molecule has 5 aromatic carbocycles. The molecule has 13 heteroatoms. The van der Waals surface area contributed by atoms with Crippen LogP contribution >= 0.6 is 0 Å². The fourth-order valence-corrected chi connectivity index (χ4v) is 8.83. The Balaban J connectivity index is 1.09. The summed E-state index contributed by atoms with van der Waals surface area (Å²) in [5, 5.41) is 1.83. The van der Waals surface area contributed by atoms with Gasteiger partial charge in [-0.25, -0.2) is 13.4 Å². The summed E-state index contributed by atoms with van der Waals surface area (Å²) in [4.78, 5) is 32.0. The number of para-hydroxylation sites is 1. The molecule has 0 spiro atoms. The summed E-state index contributed by atoms with van der Waals surface area (Å²) < 4.78 is 46.4. The van der Waals surface area contributed by atoms with E-state index in [0.29, 0.717) is 49.0 Å². The van der Waals surface area contributed by atoms with Crippen molar-refractivity contribution in [3.8, 4) is 23.0 Å². The second kappa shape index (κ2) is 17.4. The van der Waals surface area contributed by atoms with E-state index < -0.39 is 22.0 Å². The van der Waals surface area contributed by atoms with Crippen LogP contribution in [0.2, 0.25) is 0 Å². The fraction of sp³-hybridized carbons (Fsp3) is 0.256. The topological polar surface area (TPSA) is 121 Å². The van der Waals surface area contributed by atoms with Crippen molar-refractivity contribution in [1.82, 2.24) is 24.5 Å². The number of sulfonamides is 1. The first kappa shape index (κ1) is 38.5. The Hall–Kier alpha value is -5.73. The second-order valence-electron chi connectivity index (χ2n) is 13.6. The number of hydrogen-bond donors (Lipinski definition) is 1. The molecule has 2 aliphatic rings. The third-order valence-electron chi connectivity index (χ3n) is 10.1. The van der Waals surface area contributed by atoms with E-state index in [9.17, 15) is 18.0 Å². The third-order valence-corrected chi connectivity index (χ3v) is 12.0. The normalized spacial score (nSPS) is 17.0. The number of hydrazine groups is 1. The minimum absolute atomic E-state index is 0.0363. The Morgan fingerprint density at radius 2 is 1.23 bits per heavy atom. The molecule has 2 fully saturated rings. The smallest absolute Gasteiger partial charge is 0.254 e. The maximum atomic E-state index is 14.3. The summed E-state index contributed by atoms with van der Waals surface area (Å²) in [7, 11) is -1.33. The monoisotopic (exact) mass is 775 g/mol. The SMILES string of the molecule is COc1ccc(S(=O)(=O)N2CCN(C(=O)c3ccc(Oc4ccccc4)cc3)C[C@H]2C(=O)NN2CCN(C(c3ccccc3)c3ccccc3)CC2)cc1OC. The van der Waals surface area contributed by atoms with Gasteiger partial charge in [-0.15, -0.1) is 0 Å². The van der Waals surface area contributed by atoms with Crippen LogP contribution in [-0.2, 0) is 14.8 Å². The van der Waals surface area contributed by atoms with Crippen LogP contribution < -0.4 is 19.6 Å². The summed E-state index contributed by atoms with van der Waals surface area (Å²) in [5.41, 5.74) is 5.76. The van der Waals surface area contributed by atoms with Gasteiger partial charge in [-0.2, -0.15) is 4.31 Å². The minimum atomic E-state index is -4.23. The van der Waals surface area contributed by atoms with Gasteiger partial charge in [0.25, 0.3) is 11.8 Å². The van der Waals surface area contributed by atoms with E-state index in [1.807, 2.05) is 71.7 Å². The van der Waals surface area contributed by atoms with Crippen molar-refractivity contribution in [2.75, 3.05) is 60.0 Å². The molecule has 12 nitrogen and oxygen atoms in total. The zero-order valence-electron chi connectivity index (χ0n) is 31.4. The van der Waals surface area contributed by atoms with E-state index >= 15 is 0 Å². The predicted octanol–water partition coefficient (Wildman–Crippen LogP) is 5.45. The summed E-state index contributed by atoms with van der Waals surface area (Å²) in [6.45, 7) is 2.16. The molecule has 5 aromatic rings. The lowest BCUT2D eigenvalue weighted by Crippen LogP contribution is -2.64. The van der Waals surface area contributed by atoms with Gasteiger partial charge in [0.2, 0.25) is 10.0 Å². The van der Waals surface area contributed by atoms with Crippen molar-refractivity contribution < 1.29 is 32.2 Å². The van der Waals surface area contributed by atoms with Crippen molar-refractivity contribution >= 4 is 21.8 Å². The summed E-state index contributed by atoms with van der Waals surface area (Å²) in [5.74, 6) is 1.01. The first-order chi connectivity index (χ1) is 27.2. The number of amides is 2. The number of rotatable bonds is 12. The Morgan fingerprint density at radius 3 is 1.82 bits per heavy atom. The third kappa shape index (κ3) is 8.56. The van der Waals surface area contributed by atoms with Gasteiger partial charge in [0, 0.05) is 57.4 Å². The Labute approximate surface area is 327 Å². The molecule has 0 radical (unpaired) electrons. The Bertz CT molecular complexity index is 2160. The molecular weight excluding hydrogens is 731 g/mol. The van der Waals surface area contributed by atoms with Crippen LogP contribution in [0.25, 0.3) is 0 Å². The summed E-state index contributed by atoms with van der Waals surface area (Å²) in [6.07, 6.45) is 0. The van der Waals surface area contributed by atoms with E-state index in [-0.39, 0.29) is 42.2 Å². The largest absolute Gasteiger partial charge is 0.493 e. The first-order valence-electron chi connectivity index (χ1n) is 18.5. The number of ether oxygens (including phenoxy) is 3. The molecule has 7 rings (SSSR count). The molecule has 2 aliphatic heterocycles. The summed E-state index contributed by atoms with van der Waals surface area (Å²) in [6, 6.07) is 39.9. The van der Waals surface area contributed by atoms with Gasteiger partial charge < -0.3 is 19.1 Å². The van der Waals surface area contributed by atoms with Crippen LogP contribution in [-0.4, -0.2) is 105 Å². The molecule has 2 heterocycles. The highest BCUT2D eigenvalue weighted by molar-refractivity contribution is 7.89. The van der Waals surface area contributed by atoms with Crippen molar-refractivity contribution in [3.63, 3.8) is 0 Å². The molecule has 0 bridgehead atoms. The number of piperazine rings is 2. The maximum absolute atomic E-state index is 14.3. The zero-order valence-corrected chi connectivity index (χ0v) is 32.2. The predicted molar refractivity (Wildman–Crippen MR) is 212 cm³/mol. The number of nitrogens with one attached hydrogen (secondary N) is 1. The number of nitrogens with zero attached hydrogens (tertiary/aromatic N) is 4. The van der Waals surface area contributed by atoms with E-state index in [4.69, 9.17) is 14.2 Å². The fourth-order valence-electron chi connectivity index (χ4n) is 7.24. The number of carbonyl (C=O) groups excluding carboxylic acids is 2. The highest BCUT2D eigenvalue weighted by atomic mass is 32.2. The van der Waals surface area contributed by atoms with Gasteiger partial charge in [0.15, 0.2) is 11.5 Å². The number of methoxy groups -OCH3 is 2. The van der Waals surface area contributed by atoms with Crippen molar-refractivity contribution in [3.05, 3.63) is 150 Å². The molecule has 56 heavy (non-hydrogen) atoms. The second-order valence-corrected chi connectivity index (χ2v) is 15.5. The number of benzene rings is 5. The van der Waals surface area contributed by atoms with Crippen LogP contribution in [0.1, 0.15) is 27.5 Å². The highest BCUT2D eigenvalue weighted by Crippen LogP contribution is 2.33. The quantitative estimate of drug-likeness (QED) is 0.177. The molecule has 1 N–H and O–H groups in total. The molecule has 1 atom stereocenters. The number of carbonyl (C=O) groups is 2. The van der Waals surface area contributed by atoms with Gasteiger partial charge in [-0.05, 0) is 59.7 Å². The van der Waals surface area contributed by atoms with Crippen LogP contribution in [0.5, 0.6) is 23.0 Å². The van der Waals surface area contributed by atoms with Gasteiger partial charge in [0.05, 0.1) is 25.2 Å². The zero-order chi connectivity index (χ0) is 39.1. The van der Waals surface area contributed by atoms with E-state index in [1.165, 1.54) is 52.8 Å². The van der Waals surface area contributed by atoms with E-state index in [0.717, 1.165) is 0 Å². The van der Waals surface area contributed by atoms with Crippen LogP contribution in [0.4, 0.5) is 0 Å². The van der Waals surface area contributed by atoms with Gasteiger partial charge >= 0.3 is 0 Å². The lowest BCUT2D eigenvalue weighted by molar-refractivity contribution is -0.132. The van der Waals surface area contributed by atoms with Crippen LogP contribution in [0, 0.1) is 0 Å². The van der Waals surface area contributed by atoms with Crippen molar-refractivity contribution in [2.45, 2.75) is 17.0 Å². The standard InChI is InChI=1S/C43H45N5O7S/c1-53-39-23-22-37(30-40(39)54-2)56(51,52)48-29-26-46(43(50)34-18-20-36(21-19-34)55-35-16-10-5-11-17-35)31-38(48)42(49)44-47-27-24-45(25-28-47)41(32-12-6-3-7-13-32)33-14-8-4-9-15-33/h3-23,30,38,41H,24-29,31H2,1-2H3,(H,44,49)/t38-/m0/s1. The van der Waals surface area contributed by atoms with Crippen LogP contribution in [0.15, 0.2) is 138 Å². The van der Waals surface area contributed by atoms with Gasteiger partial charge in [0.1, 0.15) is 17.5 Å². The van der Waals surface area contributed by atoms with Crippen molar-refractivity contribution in [1.29, 1.82) is 0 Å². The summed E-state index contributed by atoms with van der Waals surface area (Å²) >= 11 is 0. The lowest BCUT2D eigenvalue weighted by atomic mass is 9.96. The first-order valence-corrected chi connectivity index (χ1v) is 19.9. The molecular formula is C43H45N5O7S. The van der Waals surface area contributed by atoms with E-state index in [2.05, 4.69) is 34.6 Å². The molecule has 0 aliphatic carbocycles. The maximum Gasteiger partial charge on any atom is 0.254 e. The van der Waals surface area contributed by atoms with Gasteiger partial charge in [-0.3, -0.25) is 19.9 Å². The Morgan fingerprint density at radius 1 is 0.661 bits per heavy atom. The molecule has 0 saturated carbocycles. The highest BCUT2D eigenvalue weighted by Gasteiger charge is 2.42. The lowest BCUT2D eigenvalue weighted by Gasteiger charge is -2.42. The molecule has 0 unspecified atom stereocenters. The number of hydrogen-bond acceptors (Lipinski definition) is 9. The minimum Gasteiger partial charge on any atom is -0.493 e. The van der Waals surface area contributed by atoms with E-state index in [1.54, 1.807) is 24.3 Å². The average Bonchev–Trinajstić information content (AvgIpc) is 3.25. The molecule has 2 amide bonds. The molecule has 2 saturated heterocycles. The van der Waals surface area contributed by atoms with Gasteiger partial charge in [-0.1, -0.05) is 78.9 Å². The van der Waals surface area contributed by atoms with Crippen molar-refractivity contribution in [2.24, 2.45) is 0 Å². The Kier molecular flexibility index (Phi) is 12.0. The molecule has 290 valence electrons. The molecule has 0 aromatic heterocycles. The average molecular weight is 776 g/mol. The van der Waals surface area contributed by atoms with Crippen LogP contribution in [0.3, 0.4) is 0 Å².